The van der Waals surface area contributed by atoms with E-state index in [2.05, 4.69) is 6.58 Å². The maximum Gasteiger partial charge on any atom is 0.202 e. The molecule has 0 saturated heterocycles. The van der Waals surface area contributed by atoms with Crippen LogP contribution in [0.5, 0.6) is 0 Å². The molecule has 1 radical (unpaired) electrons. The molecule has 0 aromatic carbocycles. The van der Waals surface area contributed by atoms with Gasteiger partial charge in [-0.2, -0.15) is 0 Å². The highest BCUT2D eigenvalue weighted by Gasteiger charge is 1.92. The van der Waals surface area contributed by atoms with Gasteiger partial charge in [0.15, 0.2) is 0 Å². The van der Waals surface area contributed by atoms with E-state index in [4.69, 9.17) is 0 Å². The lowest BCUT2D eigenvalue weighted by Crippen LogP contribution is -2.06. The second kappa shape index (κ2) is 3.33. The van der Waals surface area contributed by atoms with Crippen LogP contribution in [0.15, 0.2) is 12.7 Å². The van der Waals surface area contributed by atoms with E-state index < -0.39 is 8.56 Å². The summed E-state index contributed by atoms with van der Waals surface area (Å²) in [5, 5.41) is 0. The van der Waals surface area contributed by atoms with Crippen molar-refractivity contribution in [2.24, 2.45) is 0 Å². The molecule has 0 aromatic heterocycles. The van der Waals surface area contributed by atoms with Crippen molar-refractivity contribution in [1.29, 1.82) is 0 Å². The maximum atomic E-state index is 10.3. The van der Waals surface area contributed by atoms with Gasteiger partial charge < -0.3 is 4.80 Å². The molecule has 0 saturated carbocycles. The van der Waals surface area contributed by atoms with Gasteiger partial charge in [-0.1, -0.05) is 6.08 Å². The topological polar surface area (TPSA) is 19.9 Å². The van der Waals surface area contributed by atoms with Crippen molar-refractivity contribution in [2.75, 3.05) is 0 Å². The van der Waals surface area contributed by atoms with Gasteiger partial charge in [0, 0.05) is 9.76 Å². The molecule has 1 nitrogen and oxygen atoms in total. The Balaban J connectivity index is 2.81. The van der Waals surface area contributed by atoms with Gasteiger partial charge in [0.05, 0.1) is 0 Å². The van der Waals surface area contributed by atoms with Gasteiger partial charge in [-0.05, 0) is 6.04 Å². The van der Waals surface area contributed by atoms with Gasteiger partial charge in [0.1, 0.15) is 0 Å². The summed E-state index contributed by atoms with van der Waals surface area (Å²) in [4.78, 5) is 10.3. The van der Waals surface area contributed by atoms with Gasteiger partial charge in [-0.25, -0.2) is 0 Å². The molecule has 1 unspecified atom stereocenters. The fraction of sp³-hybridized carbons (Fsp3) is 0.333. The lowest BCUT2D eigenvalue weighted by atomic mass is 10.8. The third-order valence-electron chi connectivity index (χ3n) is 0.499. The molecule has 0 bridgehead atoms. The zero-order valence-electron chi connectivity index (χ0n) is 3.98. The highest BCUT2D eigenvalue weighted by molar-refractivity contribution is 6.98. The minimum Gasteiger partial charge on any atom is -0.306 e. The van der Waals surface area contributed by atoms with Crippen molar-refractivity contribution in [3.63, 3.8) is 0 Å². The molecule has 6 heavy (non-hydrogen) atoms. The normalized spacial score (nSPS) is 14.2. The summed E-state index contributed by atoms with van der Waals surface area (Å²) in [5.74, 6) is 0. The van der Waals surface area contributed by atoms with Crippen molar-refractivity contribution in [3.8, 4) is 0 Å². The largest absolute Gasteiger partial charge is 0.306 e. The summed E-state index contributed by atoms with van der Waals surface area (Å²) in [5.41, 5.74) is 0. The average molecular weight is 117 g/mol. The minimum atomic E-state index is -1.40. The van der Waals surface area contributed by atoms with E-state index in [9.17, 15) is 4.80 Å². The Bertz CT molecular complexity index is 44.1. The highest BCUT2D eigenvalue weighted by Crippen LogP contribution is 1.80. The second-order valence-electron chi connectivity index (χ2n) is 1.33. The maximum absolute atomic E-state index is 10.3. The lowest BCUT2D eigenvalue weighted by molar-refractivity contribution is 0.468. The average Bonchev–Trinajstić information content (AvgIpc) is 1.35. The molecular weight excluding hydrogens is 108 g/mol. The van der Waals surface area contributed by atoms with Crippen molar-refractivity contribution in [1.82, 2.24) is 0 Å². The first-order valence-electron chi connectivity index (χ1n) is 2.04. The molecule has 0 amide bonds. The third-order valence-corrected chi connectivity index (χ3v) is 2.91. The quantitative estimate of drug-likeness (QED) is 0.333. The Kier molecular flexibility index (Phi) is 3.40. The van der Waals surface area contributed by atoms with Crippen molar-refractivity contribution >= 4 is 18.3 Å². The first-order chi connectivity index (χ1) is 2.77. The number of hydrogen-bond acceptors (Lipinski definition) is 0. The molecule has 1 atom stereocenters. The predicted octanol–water partition coefficient (Wildman–Crippen LogP) is -0.811. The Hall–Kier alpha value is 0.134. The van der Waals surface area contributed by atoms with Gasteiger partial charge in [0.25, 0.3) is 0 Å². The van der Waals surface area contributed by atoms with E-state index in [-0.39, 0.29) is 0 Å². The van der Waals surface area contributed by atoms with Crippen LogP contribution in [0, 0.1) is 0 Å². The molecule has 3 heteroatoms. The van der Waals surface area contributed by atoms with E-state index in [1.807, 2.05) is 0 Å². The SMILES string of the molecule is C=CC[SiH]([O])[SiH3]. The van der Waals surface area contributed by atoms with Crippen LogP contribution in [0.1, 0.15) is 0 Å². The monoisotopic (exact) mass is 117 g/mol. The molecule has 0 rings (SSSR count). The molecular formula is C3H9OSi2. The van der Waals surface area contributed by atoms with Crippen LogP contribution in [0.3, 0.4) is 0 Å². The standard InChI is InChI=1S/C3H9OSi2/c1-2-3-6(4)5/h2,6H,1,3H2,5H3. The van der Waals surface area contributed by atoms with Crippen LogP contribution in [0.2, 0.25) is 6.04 Å². The number of rotatable bonds is 2. The summed E-state index contributed by atoms with van der Waals surface area (Å²) >= 11 is 0. The zero-order valence-corrected chi connectivity index (χ0v) is 7.13. The summed E-state index contributed by atoms with van der Waals surface area (Å²) < 4.78 is 0. The van der Waals surface area contributed by atoms with E-state index in [1.165, 1.54) is 0 Å². The van der Waals surface area contributed by atoms with Crippen LogP contribution in [0.25, 0.3) is 0 Å². The minimum absolute atomic E-state index is 0.784. The van der Waals surface area contributed by atoms with Crippen LogP contribution in [0.4, 0.5) is 0 Å². The Morgan fingerprint density at radius 1 is 2.00 bits per heavy atom. The van der Waals surface area contributed by atoms with Crippen LogP contribution >= 0.6 is 0 Å². The third kappa shape index (κ3) is 4.13. The molecule has 35 valence electrons. The number of allylic oxidation sites excluding steroid dienone is 1. The Labute approximate surface area is 42.6 Å². The summed E-state index contributed by atoms with van der Waals surface area (Å²) in [6.45, 7) is 3.46. The Morgan fingerprint density at radius 2 is 2.50 bits per heavy atom. The zero-order chi connectivity index (χ0) is 4.99. The first kappa shape index (κ1) is 6.13. The van der Waals surface area contributed by atoms with E-state index >= 15 is 0 Å². The molecule has 0 heterocycles. The molecule has 0 N–H and O–H groups in total. The van der Waals surface area contributed by atoms with Gasteiger partial charge in [0.2, 0.25) is 8.56 Å². The molecule has 0 aliphatic heterocycles. The molecule has 0 aromatic rings. The van der Waals surface area contributed by atoms with Crippen molar-refractivity contribution in [3.05, 3.63) is 12.7 Å². The van der Waals surface area contributed by atoms with E-state index in [0.29, 0.717) is 0 Å². The fourth-order valence-electron chi connectivity index (χ4n) is 0.235. The predicted molar refractivity (Wildman–Crippen MR) is 32.8 cm³/mol. The van der Waals surface area contributed by atoms with Gasteiger partial charge in [-0.15, -0.1) is 6.58 Å². The first-order valence-corrected chi connectivity index (χ1v) is 7.94. The number of hydrogen-bond donors (Lipinski definition) is 0. The molecule has 0 aliphatic carbocycles. The second-order valence-corrected chi connectivity index (χ2v) is 7.29. The van der Waals surface area contributed by atoms with Crippen LogP contribution in [-0.4, -0.2) is 18.3 Å². The van der Waals surface area contributed by atoms with E-state index in [1.54, 1.807) is 6.08 Å². The van der Waals surface area contributed by atoms with Crippen molar-refractivity contribution in [2.45, 2.75) is 6.04 Å². The highest BCUT2D eigenvalue weighted by atomic mass is 29.2. The molecule has 0 fully saturated rings. The van der Waals surface area contributed by atoms with Crippen LogP contribution in [-0.2, 0) is 4.80 Å². The molecule has 0 spiro atoms. The van der Waals surface area contributed by atoms with Gasteiger partial charge >= 0.3 is 0 Å². The lowest BCUT2D eigenvalue weighted by Gasteiger charge is -1.85. The fourth-order valence-corrected chi connectivity index (χ4v) is 1.70. The summed E-state index contributed by atoms with van der Waals surface area (Å²) in [6, 6.07) is 0.784. The van der Waals surface area contributed by atoms with Crippen LogP contribution < -0.4 is 0 Å². The summed E-state index contributed by atoms with van der Waals surface area (Å²) in [7, 11) is -0.509. The Morgan fingerprint density at radius 3 is 2.50 bits per heavy atom. The van der Waals surface area contributed by atoms with Crippen molar-refractivity contribution < 1.29 is 4.80 Å². The van der Waals surface area contributed by atoms with Gasteiger partial charge in [-0.3, -0.25) is 0 Å². The molecule has 0 aliphatic rings. The van der Waals surface area contributed by atoms with E-state index in [0.717, 1.165) is 15.8 Å². The smallest absolute Gasteiger partial charge is 0.202 e. The summed E-state index contributed by atoms with van der Waals surface area (Å²) in [6.07, 6.45) is 1.73.